The van der Waals surface area contributed by atoms with Crippen LogP contribution < -0.4 is 4.72 Å². The van der Waals surface area contributed by atoms with E-state index in [0.29, 0.717) is 11.1 Å². The van der Waals surface area contributed by atoms with E-state index in [2.05, 4.69) is 4.72 Å². The van der Waals surface area contributed by atoms with E-state index in [4.69, 9.17) is 0 Å². The maximum absolute atomic E-state index is 13.1. The second kappa shape index (κ2) is 5.25. The number of sulfonamides is 1. The van der Waals surface area contributed by atoms with Crippen LogP contribution in [0.5, 0.6) is 0 Å². The number of aryl methyl sites for hydroxylation is 3. The molecule has 0 bridgehead atoms. The molecule has 0 aromatic heterocycles. The van der Waals surface area contributed by atoms with Crippen LogP contribution in [0.3, 0.4) is 0 Å². The van der Waals surface area contributed by atoms with Gasteiger partial charge < -0.3 is 0 Å². The number of halogens is 1. The van der Waals surface area contributed by atoms with Crippen LogP contribution in [0.25, 0.3) is 0 Å². The summed E-state index contributed by atoms with van der Waals surface area (Å²) in [5.41, 5.74) is 2.56. The molecule has 2 rings (SSSR count). The monoisotopic (exact) mass is 293 g/mol. The molecule has 0 aliphatic heterocycles. The highest BCUT2D eigenvalue weighted by Crippen LogP contribution is 2.24. The molecule has 20 heavy (non-hydrogen) atoms. The number of benzene rings is 2. The molecule has 106 valence electrons. The maximum Gasteiger partial charge on any atom is 0.262 e. The Kier molecular flexibility index (Phi) is 3.81. The van der Waals surface area contributed by atoms with E-state index >= 15 is 0 Å². The fraction of sp³-hybridized carbons (Fsp3) is 0.200. The van der Waals surface area contributed by atoms with Crippen molar-refractivity contribution in [1.29, 1.82) is 0 Å². The van der Waals surface area contributed by atoms with Gasteiger partial charge in [0.25, 0.3) is 10.0 Å². The van der Waals surface area contributed by atoms with Crippen molar-refractivity contribution in [2.45, 2.75) is 25.7 Å². The van der Waals surface area contributed by atoms with Crippen molar-refractivity contribution < 1.29 is 12.8 Å². The molecule has 0 spiro atoms. The summed E-state index contributed by atoms with van der Waals surface area (Å²) in [5, 5.41) is 0. The molecular formula is C15H16FNO2S. The van der Waals surface area contributed by atoms with Gasteiger partial charge in [0.2, 0.25) is 0 Å². The molecule has 1 N–H and O–H groups in total. The molecule has 2 aromatic rings. The first-order valence-electron chi connectivity index (χ1n) is 6.16. The van der Waals surface area contributed by atoms with Gasteiger partial charge in [0.05, 0.1) is 10.6 Å². The summed E-state index contributed by atoms with van der Waals surface area (Å²) in [6.45, 7) is 5.41. The number of hydrogen-bond acceptors (Lipinski definition) is 2. The lowest BCUT2D eigenvalue weighted by molar-refractivity contribution is 0.600. The van der Waals surface area contributed by atoms with Crippen LogP contribution in [-0.2, 0) is 10.0 Å². The molecule has 0 saturated carbocycles. The predicted octanol–water partition coefficient (Wildman–Crippen LogP) is 3.55. The van der Waals surface area contributed by atoms with Gasteiger partial charge in [-0.05, 0) is 50.1 Å². The van der Waals surface area contributed by atoms with E-state index in [1.54, 1.807) is 13.8 Å². The van der Waals surface area contributed by atoms with Gasteiger partial charge in [-0.2, -0.15) is 0 Å². The first-order valence-corrected chi connectivity index (χ1v) is 7.64. The van der Waals surface area contributed by atoms with Gasteiger partial charge in [-0.1, -0.05) is 23.8 Å². The van der Waals surface area contributed by atoms with Crippen molar-refractivity contribution in [3.8, 4) is 0 Å². The molecule has 5 heteroatoms. The standard InChI is InChI=1S/C15H16FNO2S/c1-10-7-11(2)15(12(3)8-10)20(18,19)17-14-6-4-5-13(16)9-14/h4-9,17H,1-3H3. The highest BCUT2D eigenvalue weighted by molar-refractivity contribution is 7.92. The maximum atomic E-state index is 13.1. The van der Waals surface area contributed by atoms with E-state index in [9.17, 15) is 12.8 Å². The first kappa shape index (κ1) is 14.5. The van der Waals surface area contributed by atoms with Crippen LogP contribution in [0.15, 0.2) is 41.3 Å². The third-order valence-electron chi connectivity index (χ3n) is 2.95. The minimum Gasteiger partial charge on any atom is -0.280 e. The summed E-state index contributed by atoms with van der Waals surface area (Å²) in [7, 11) is -3.72. The second-order valence-electron chi connectivity index (χ2n) is 4.84. The van der Waals surface area contributed by atoms with Crippen molar-refractivity contribution in [2.24, 2.45) is 0 Å². The molecule has 2 aromatic carbocycles. The van der Waals surface area contributed by atoms with E-state index in [-0.39, 0.29) is 10.6 Å². The average Bonchev–Trinajstić information content (AvgIpc) is 2.25. The third kappa shape index (κ3) is 2.99. The van der Waals surface area contributed by atoms with Crippen molar-refractivity contribution in [3.63, 3.8) is 0 Å². The normalized spacial score (nSPS) is 11.4. The minimum absolute atomic E-state index is 0.212. The zero-order chi connectivity index (χ0) is 14.9. The van der Waals surface area contributed by atoms with Crippen LogP contribution in [0.2, 0.25) is 0 Å². The van der Waals surface area contributed by atoms with Crippen LogP contribution in [-0.4, -0.2) is 8.42 Å². The molecule has 0 saturated heterocycles. The lowest BCUT2D eigenvalue weighted by atomic mass is 10.1. The summed E-state index contributed by atoms with van der Waals surface area (Å²) in [4.78, 5) is 0.243. The van der Waals surface area contributed by atoms with Crippen molar-refractivity contribution in [1.82, 2.24) is 0 Å². The molecule has 0 fully saturated rings. The molecule has 0 amide bonds. The highest BCUT2D eigenvalue weighted by atomic mass is 32.2. The fourth-order valence-electron chi connectivity index (χ4n) is 2.35. The molecule has 0 heterocycles. The Bertz CT molecular complexity index is 731. The zero-order valence-electron chi connectivity index (χ0n) is 11.6. The molecule has 0 unspecified atom stereocenters. The van der Waals surface area contributed by atoms with Crippen LogP contribution >= 0.6 is 0 Å². The van der Waals surface area contributed by atoms with Gasteiger partial charge in [0.15, 0.2) is 0 Å². The van der Waals surface area contributed by atoms with Gasteiger partial charge in [0, 0.05) is 0 Å². The molecule has 0 aliphatic carbocycles. The van der Waals surface area contributed by atoms with Gasteiger partial charge in [-0.25, -0.2) is 12.8 Å². The van der Waals surface area contributed by atoms with E-state index < -0.39 is 15.8 Å². The lowest BCUT2D eigenvalue weighted by Crippen LogP contribution is -2.16. The Morgan fingerprint density at radius 3 is 2.15 bits per heavy atom. The summed E-state index contributed by atoms with van der Waals surface area (Å²) < 4.78 is 40.4. The van der Waals surface area contributed by atoms with Gasteiger partial charge >= 0.3 is 0 Å². The molecular weight excluding hydrogens is 277 g/mol. The summed E-state index contributed by atoms with van der Waals surface area (Å²) >= 11 is 0. The van der Waals surface area contributed by atoms with Crippen molar-refractivity contribution in [2.75, 3.05) is 4.72 Å². The highest BCUT2D eigenvalue weighted by Gasteiger charge is 2.20. The van der Waals surface area contributed by atoms with Gasteiger partial charge in [0.1, 0.15) is 5.82 Å². The van der Waals surface area contributed by atoms with E-state index in [1.165, 1.54) is 18.2 Å². The Morgan fingerprint density at radius 1 is 1.00 bits per heavy atom. The van der Waals surface area contributed by atoms with Crippen molar-refractivity contribution >= 4 is 15.7 Å². The molecule has 3 nitrogen and oxygen atoms in total. The second-order valence-corrected chi connectivity index (χ2v) is 6.46. The smallest absolute Gasteiger partial charge is 0.262 e. The van der Waals surface area contributed by atoms with Crippen LogP contribution in [0.1, 0.15) is 16.7 Å². The molecule has 0 radical (unpaired) electrons. The Labute approximate surface area is 118 Å². The topological polar surface area (TPSA) is 46.2 Å². The SMILES string of the molecule is Cc1cc(C)c(S(=O)(=O)Nc2cccc(F)c2)c(C)c1. The number of hydrogen-bond donors (Lipinski definition) is 1. The Hall–Kier alpha value is -1.88. The van der Waals surface area contributed by atoms with E-state index in [0.717, 1.165) is 11.6 Å². The Morgan fingerprint density at radius 2 is 1.60 bits per heavy atom. The summed E-state index contributed by atoms with van der Waals surface area (Å²) in [6, 6.07) is 9.01. The Balaban J connectivity index is 2.46. The summed E-state index contributed by atoms with van der Waals surface area (Å²) in [5.74, 6) is -0.484. The number of rotatable bonds is 3. The average molecular weight is 293 g/mol. The molecule has 0 aliphatic rings. The number of nitrogens with one attached hydrogen (secondary N) is 1. The zero-order valence-corrected chi connectivity index (χ0v) is 12.4. The summed E-state index contributed by atoms with van der Waals surface area (Å²) in [6.07, 6.45) is 0. The van der Waals surface area contributed by atoms with Gasteiger partial charge in [-0.15, -0.1) is 0 Å². The third-order valence-corrected chi connectivity index (χ3v) is 4.64. The van der Waals surface area contributed by atoms with Crippen LogP contribution in [0.4, 0.5) is 10.1 Å². The minimum atomic E-state index is -3.72. The molecule has 0 atom stereocenters. The van der Waals surface area contributed by atoms with Gasteiger partial charge in [-0.3, -0.25) is 4.72 Å². The predicted molar refractivity (Wildman–Crippen MR) is 77.9 cm³/mol. The largest absolute Gasteiger partial charge is 0.280 e. The fourth-order valence-corrected chi connectivity index (χ4v) is 3.85. The quantitative estimate of drug-likeness (QED) is 0.940. The first-order chi connectivity index (χ1) is 9.29. The lowest BCUT2D eigenvalue weighted by Gasteiger charge is -2.13. The number of anilines is 1. The van der Waals surface area contributed by atoms with E-state index in [1.807, 2.05) is 19.1 Å². The van der Waals surface area contributed by atoms with Crippen LogP contribution in [0, 0.1) is 26.6 Å². The van der Waals surface area contributed by atoms with Crippen molar-refractivity contribution in [3.05, 3.63) is 58.9 Å².